The molecule has 0 aliphatic heterocycles. The zero-order valence-electron chi connectivity index (χ0n) is 13.3. The van der Waals surface area contributed by atoms with Crippen LogP contribution in [0.4, 0.5) is 0 Å². The lowest BCUT2D eigenvalue weighted by molar-refractivity contribution is -0.136. The summed E-state index contributed by atoms with van der Waals surface area (Å²) in [5.74, 6) is -0.829. The summed E-state index contributed by atoms with van der Waals surface area (Å²) in [6.07, 6.45) is 6.59. The first-order valence-electron chi connectivity index (χ1n) is 7.94. The van der Waals surface area contributed by atoms with Crippen LogP contribution in [-0.2, 0) is 17.6 Å². The molecule has 3 heterocycles. The highest BCUT2D eigenvalue weighted by Gasteiger charge is 2.13. The average molecular weight is 319 g/mol. The number of carbonyl (C=O) groups is 1. The summed E-state index contributed by atoms with van der Waals surface area (Å²) in [7, 11) is 0. The number of aryl methyl sites for hydroxylation is 1. The average Bonchev–Trinajstić information content (AvgIpc) is 3.17. The van der Waals surface area contributed by atoms with Gasteiger partial charge in [0.25, 0.3) is 0 Å². The largest absolute Gasteiger partial charge is 0.481 e. The molecular weight excluding hydrogens is 302 g/mol. The summed E-state index contributed by atoms with van der Waals surface area (Å²) in [4.78, 5) is 22.0. The van der Waals surface area contributed by atoms with Crippen molar-refractivity contribution in [1.29, 1.82) is 0 Å². The van der Waals surface area contributed by atoms with Crippen LogP contribution in [0.15, 0.2) is 42.9 Å². The molecular formula is C19H17N3O2. The fourth-order valence-corrected chi connectivity index (χ4v) is 3.26. The molecule has 3 aromatic heterocycles. The monoisotopic (exact) mass is 319 g/mol. The van der Waals surface area contributed by atoms with E-state index in [1.807, 2.05) is 30.6 Å². The van der Waals surface area contributed by atoms with E-state index in [1.165, 1.54) is 5.56 Å². The molecule has 4 aromatic rings. The van der Waals surface area contributed by atoms with Crippen LogP contribution in [0, 0.1) is 0 Å². The number of carboxylic acid groups (broad SMARTS) is 1. The zero-order valence-corrected chi connectivity index (χ0v) is 13.3. The second-order valence-electron chi connectivity index (χ2n) is 5.90. The van der Waals surface area contributed by atoms with Crippen molar-refractivity contribution in [2.45, 2.75) is 19.8 Å². The van der Waals surface area contributed by atoms with Gasteiger partial charge in [-0.05, 0) is 23.6 Å². The predicted molar refractivity (Wildman–Crippen MR) is 94.1 cm³/mol. The van der Waals surface area contributed by atoms with Crippen LogP contribution in [0.1, 0.15) is 18.1 Å². The van der Waals surface area contributed by atoms with Gasteiger partial charge in [0.1, 0.15) is 5.65 Å². The fourth-order valence-electron chi connectivity index (χ4n) is 3.26. The third kappa shape index (κ3) is 2.25. The molecule has 24 heavy (non-hydrogen) atoms. The maximum Gasteiger partial charge on any atom is 0.307 e. The van der Waals surface area contributed by atoms with Crippen LogP contribution in [0.2, 0.25) is 0 Å². The number of aliphatic carboxylic acids is 1. The molecule has 0 aliphatic carbocycles. The van der Waals surface area contributed by atoms with Gasteiger partial charge in [-0.2, -0.15) is 0 Å². The number of rotatable bonds is 4. The van der Waals surface area contributed by atoms with E-state index < -0.39 is 5.97 Å². The molecule has 3 N–H and O–H groups in total. The standard InChI is InChI=1S/C19H17N3O2/c1-2-11-8-21-19-16(11)6-12(10-22-19)14-4-3-5-15-13(7-17(23)24)9-20-18(14)15/h3-6,8-10,20H,2,7H2,1H3,(H,21,22)(H,23,24). The van der Waals surface area contributed by atoms with Gasteiger partial charge in [-0.3, -0.25) is 4.79 Å². The highest BCUT2D eigenvalue weighted by atomic mass is 16.4. The van der Waals surface area contributed by atoms with Crippen LogP contribution in [-0.4, -0.2) is 26.0 Å². The maximum atomic E-state index is 11.0. The van der Waals surface area contributed by atoms with Crippen molar-refractivity contribution in [2.75, 3.05) is 0 Å². The van der Waals surface area contributed by atoms with Crippen LogP contribution < -0.4 is 0 Å². The molecule has 4 rings (SSSR count). The van der Waals surface area contributed by atoms with E-state index in [0.717, 1.165) is 45.0 Å². The molecule has 0 radical (unpaired) electrons. The second-order valence-corrected chi connectivity index (χ2v) is 5.90. The molecule has 120 valence electrons. The zero-order chi connectivity index (χ0) is 16.7. The van der Waals surface area contributed by atoms with E-state index in [0.29, 0.717) is 0 Å². The van der Waals surface area contributed by atoms with Crippen LogP contribution in [0.25, 0.3) is 33.1 Å². The normalized spacial score (nSPS) is 11.4. The van der Waals surface area contributed by atoms with Gasteiger partial charge in [-0.1, -0.05) is 25.1 Å². The molecule has 0 saturated carbocycles. The number of H-pyrrole nitrogens is 2. The molecule has 5 nitrogen and oxygen atoms in total. The van der Waals surface area contributed by atoms with Gasteiger partial charge in [-0.25, -0.2) is 4.98 Å². The summed E-state index contributed by atoms with van der Waals surface area (Å²) >= 11 is 0. The number of hydrogen-bond acceptors (Lipinski definition) is 2. The summed E-state index contributed by atoms with van der Waals surface area (Å²) in [6.45, 7) is 2.12. The van der Waals surface area contributed by atoms with Crippen molar-refractivity contribution < 1.29 is 9.90 Å². The summed E-state index contributed by atoms with van der Waals surface area (Å²) < 4.78 is 0. The summed E-state index contributed by atoms with van der Waals surface area (Å²) in [5.41, 5.74) is 5.92. The number of nitrogens with zero attached hydrogens (tertiary/aromatic N) is 1. The first-order chi connectivity index (χ1) is 11.7. The van der Waals surface area contributed by atoms with Crippen molar-refractivity contribution in [3.8, 4) is 11.1 Å². The molecule has 0 aliphatic rings. The summed E-state index contributed by atoms with van der Waals surface area (Å²) in [6, 6.07) is 8.08. The topological polar surface area (TPSA) is 81.8 Å². The lowest BCUT2D eigenvalue weighted by Gasteiger charge is -2.05. The lowest BCUT2D eigenvalue weighted by atomic mass is 10.0. The van der Waals surface area contributed by atoms with Gasteiger partial charge in [0.05, 0.1) is 11.9 Å². The highest BCUT2D eigenvalue weighted by Crippen LogP contribution is 2.31. The minimum atomic E-state index is -0.829. The van der Waals surface area contributed by atoms with E-state index in [4.69, 9.17) is 5.11 Å². The molecule has 0 bridgehead atoms. The number of pyridine rings is 1. The third-order valence-corrected chi connectivity index (χ3v) is 4.45. The van der Waals surface area contributed by atoms with Crippen LogP contribution in [0.3, 0.4) is 0 Å². The fraction of sp³-hybridized carbons (Fsp3) is 0.158. The SMILES string of the molecule is CCc1c[nH]c2ncc(-c3cccc4c(CC(=O)O)c[nH]c34)cc12. The number of para-hydroxylation sites is 1. The highest BCUT2D eigenvalue weighted by molar-refractivity contribution is 5.98. The van der Waals surface area contributed by atoms with Crippen molar-refractivity contribution in [3.63, 3.8) is 0 Å². The van der Waals surface area contributed by atoms with Crippen LogP contribution >= 0.6 is 0 Å². The number of aromatic amines is 2. The van der Waals surface area contributed by atoms with Gasteiger partial charge >= 0.3 is 5.97 Å². The Morgan fingerprint density at radius 2 is 2.00 bits per heavy atom. The Balaban J connectivity index is 1.90. The molecule has 0 fully saturated rings. The summed E-state index contributed by atoms with van der Waals surface area (Å²) in [5, 5.41) is 11.1. The van der Waals surface area contributed by atoms with E-state index in [9.17, 15) is 4.79 Å². The number of aromatic nitrogens is 3. The Hall–Kier alpha value is -3.08. The molecule has 1 aromatic carbocycles. The first kappa shape index (κ1) is 14.5. The Bertz CT molecular complexity index is 1060. The minimum Gasteiger partial charge on any atom is -0.481 e. The van der Waals surface area contributed by atoms with Gasteiger partial charge in [-0.15, -0.1) is 0 Å². The number of benzene rings is 1. The van der Waals surface area contributed by atoms with Crippen molar-refractivity contribution in [1.82, 2.24) is 15.0 Å². The van der Waals surface area contributed by atoms with Crippen LogP contribution in [0.5, 0.6) is 0 Å². The Kier molecular flexibility index (Phi) is 3.34. The Morgan fingerprint density at radius 3 is 2.79 bits per heavy atom. The van der Waals surface area contributed by atoms with Gasteiger partial charge in [0, 0.05) is 40.5 Å². The molecule has 5 heteroatoms. The van der Waals surface area contributed by atoms with Crippen molar-refractivity contribution >= 4 is 27.9 Å². The number of fused-ring (bicyclic) bond motifs is 2. The minimum absolute atomic E-state index is 0.0124. The lowest BCUT2D eigenvalue weighted by Crippen LogP contribution is -1.98. The molecule has 0 spiro atoms. The molecule has 0 atom stereocenters. The quantitative estimate of drug-likeness (QED) is 0.533. The number of nitrogens with one attached hydrogen (secondary N) is 2. The van der Waals surface area contributed by atoms with Gasteiger partial charge in [0.2, 0.25) is 0 Å². The Morgan fingerprint density at radius 1 is 1.17 bits per heavy atom. The van der Waals surface area contributed by atoms with E-state index in [2.05, 4.69) is 27.9 Å². The van der Waals surface area contributed by atoms with E-state index in [1.54, 1.807) is 6.20 Å². The predicted octanol–water partition coefficient (Wildman–Crippen LogP) is 3.90. The number of carboxylic acids is 1. The number of hydrogen-bond donors (Lipinski definition) is 3. The smallest absolute Gasteiger partial charge is 0.307 e. The maximum absolute atomic E-state index is 11.0. The van der Waals surface area contributed by atoms with Crippen molar-refractivity contribution in [2.24, 2.45) is 0 Å². The Labute approximate surface area is 138 Å². The van der Waals surface area contributed by atoms with E-state index in [-0.39, 0.29) is 6.42 Å². The first-order valence-corrected chi connectivity index (χ1v) is 7.94. The van der Waals surface area contributed by atoms with Gasteiger partial charge < -0.3 is 15.1 Å². The third-order valence-electron chi connectivity index (χ3n) is 4.45. The van der Waals surface area contributed by atoms with Gasteiger partial charge in [0.15, 0.2) is 0 Å². The second kappa shape index (κ2) is 5.53. The van der Waals surface area contributed by atoms with Crippen molar-refractivity contribution in [3.05, 3.63) is 54.0 Å². The molecule has 0 amide bonds. The molecule has 0 saturated heterocycles. The van der Waals surface area contributed by atoms with E-state index >= 15 is 0 Å². The molecule has 0 unspecified atom stereocenters.